The third kappa shape index (κ3) is 3.63. The van der Waals surface area contributed by atoms with Gasteiger partial charge in [-0.2, -0.15) is 0 Å². The fourth-order valence-electron chi connectivity index (χ4n) is 5.36. The molecule has 2 aliphatic carbocycles. The maximum absolute atomic E-state index is 13.2. The quantitative estimate of drug-likeness (QED) is 0.718. The molecule has 1 spiro atoms. The van der Waals surface area contributed by atoms with Crippen molar-refractivity contribution in [2.24, 2.45) is 11.3 Å². The van der Waals surface area contributed by atoms with Gasteiger partial charge in [-0.3, -0.25) is 14.5 Å². The summed E-state index contributed by atoms with van der Waals surface area (Å²) in [4.78, 5) is 39.5. The van der Waals surface area contributed by atoms with Crippen LogP contribution in [0.1, 0.15) is 83.1 Å². The molecule has 3 aliphatic rings. The summed E-state index contributed by atoms with van der Waals surface area (Å²) >= 11 is 0. The minimum Gasteiger partial charge on any atom is -0.469 e. The van der Waals surface area contributed by atoms with Crippen molar-refractivity contribution < 1.29 is 18.8 Å². The van der Waals surface area contributed by atoms with Crippen LogP contribution in [0.4, 0.5) is 4.79 Å². The van der Waals surface area contributed by atoms with Crippen molar-refractivity contribution >= 4 is 17.8 Å². The molecule has 7 nitrogen and oxygen atoms in total. The molecule has 1 aliphatic heterocycles. The smallest absolute Gasteiger partial charge is 0.325 e. The van der Waals surface area contributed by atoms with Gasteiger partial charge >= 0.3 is 6.03 Å². The van der Waals surface area contributed by atoms with E-state index in [2.05, 4.69) is 31.4 Å². The van der Waals surface area contributed by atoms with Gasteiger partial charge in [0.2, 0.25) is 5.91 Å². The summed E-state index contributed by atoms with van der Waals surface area (Å²) in [6.07, 6.45) is 8.50. The summed E-state index contributed by atoms with van der Waals surface area (Å²) in [5.41, 5.74) is 0.402. The molecule has 1 saturated carbocycles. The Labute approximate surface area is 177 Å². The summed E-state index contributed by atoms with van der Waals surface area (Å²) in [6, 6.07) is 1.32. The minimum atomic E-state index is -0.833. The Balaban J connectivity index is 1.38. The van der Waals surface area contributed by atoms with E-state index in [0.29, 0.717) is 18.8 Å². The van der Waals surface area contributed by atoms with Gasteiger partial charge in [0, 0.05) is 12.0 Å². The van der Waals surface area contributed by atoms with Crippen molar-refractivity contribution in [3.8, 4) is 0 Å². The number of carbonyl (C=O) groups excluding carboxylic acids is 3. The maximum Gasteiger partial charge on any atom is 0.325 e. The lowest BCUT2D eigenvalue weighted by molar-refractivity contribution is -0.136. The van der Waals surface area contributed by atoms with Gasteiger partial charge in [0.1, 0.15) is 17.8 Å². The lowest BCUT2D eigenvalue weighted by Crippen LogP contribution is -2.51. The van der Waals surface area contributed by atoms with E-state index in [1.54, 1.807) is 6.26 Å². The van der Waals surface area contributed by atoms with E-state index in [4.69, 9.17) is 4.42 Å². The summed E-state index contributed by atoms with van der Waals surface area (Å²) in [6.45, 7) is 6.52. The Bertz CT molecular complexity index is 835. The first kappa shape index (κ1) is 20.9. The van der Waals surface area contributed by atoms with Crippen LogP contribution in [0.15, 0.2) is 16.7 Å². The van der Waals surface area contributed by atoms with Crippen LogP contribution in [0.2, 0.25) is 0 Å². The van der Waals surface area contributed by atoms with Gasteiger partial charge in [-0.1, -0.05) is 27.2 Å². The van der Waals surface area contributed by atoms with Gasteiger partial charge in [-0.25, -0.2) is 4.79 Å². The average Bonchev–Trinajstić information content (AvgIpc) is 3.29. The number of carbonyl (C=O) groups is 3. The van der Waals surface area contributed by atoms with Crippen LogP contribution in [0.3, 0.4) is 0 Å². The van der Waals surface area contributed by atoms with Crippen LogP contribution in [0.5, 0.6) is 0 Å². The standard InChI is InChI=1S/C23H33N3O4/c1-4-22(2,3)15-8-11-23(12-9-15)20(28)26(21(29)25-23)14-19(27)24-17-6-5-7-18-16(17)10-13-30-18/h10,13,15,17H,4-9,11-12,14H2,1-3H3,(H,24,27)(H,25,29). The highest BCUT2D eigenvalue weighted by Gasteiger charge is 2.53. The predicted molar refractivity (Wildman–Crippen MR) is 112 cm³/mol. The number of nitrogens with one attached hydrogen (secondary N) is 2. The van der Waals surface area contributed by atoms with E-state index in [0.717, 1.165) is 54.7 Å². The number of aryl methyl sites for hydroxylation is 1. The van der Waals surface area contributed by atoms with Gasteiger partial charge in [0.25, 0.3) is 5.91 Å². The number of furan rings is 1. The number of fused-ring (bicyclic) bond motifs is 1. The number of urea groups is 1. The first-order chi connectivity index (χ1) is 14.3. The number of imide groups is 1. The van der Waals surface area contributed by atoms with E-state index in [1.165, 1.54) is 0 Å². The van der Waals surface area contributed by atoms with E-state index in [9.17, 15) is 14.4 Å². The van der Waals surface area contributed by atoms with Crippen molar-refractivity contribution in [1.82, 2.24) is 15.5 Å². The normalized spacial score (nSPS) is 29.1. The Morgan fingerprint density at radius 2 is 2.03 bits per heavy atom. The number of nitrogens with zero attached hydrogens (tertiary/aromatic N) is 1. The second kappa shape index (κ2) is 7.75. The maximum atomic E-state index is 13.2. The van der Waals surface area contributed by atoms with Crippen molar-refractivity contribution in [2.45, 2.75) is 83.7 Å². The molecule has 1 saturated heterocycles. The molecule has 164 valence electrons. The first-order valence-corrected chi connectivity index (χ1v) is 11.3. The highest BCUT2D eigenvalue weighted by atomic mass is 16.3. The zero-order valence-electron chi connectivity index (χ0n) is 18.3. The lowest BCUT2D eigenvalue weighted by atomic mass is 9.65. The van der Waals surface area contributed by atoms with Crippen LogP contribution in [-0.2, 0) is 16.0 Å². The molecule has 0 radical (unpaired) electrons. The lowest BCUT2D eigenvalue weighted by Gasteiger charge is -2.42. The highest BCUT2D eigenvalue weighted by Crippen LogP contribution is 2.45. The molecule has 1 unspecified atom stereocenters. The fraction of sp³-hybridized carbons (Fsp3) is 0.696. The topological polar surface area (TPSA) is 91.7 Å². The molecule has 4 amide bonds. The second-order valence-electron chi connectivity index (χ2n) is 9.83. The monoisotopic (exact) mass is 415 g/mol. The molecule has 1 aromatic rings. The number of hydrogen-bond donors (Lipinski definition) is 2. The molecular weight excluding hydrogens is 382 g/mol. The zero-order valence-corrected chi connectivity index (χ0v) is 18.3. The van der Waals surface area contributed by atoms with Gasteiger partial charge in [-0.15, -0.1) is 0 Å². The molecule has 2 heterocycles. The Morgan fingerprint density at radius 1 is 1.30 bits per heavy atom. The summed E-state index contributed by atoms with van der Waals surface area (Å²) < 4.78 is 5.47. The first-order valence-electron chi connectivity index (χ1n) is 11.3. The molecule has 1 aromatic heterocycles. The minimum absolute atomic E-state index is 0.124. The fourth-order valence-corrected chi connectivity index (χ4v) is 5.36. The van der Waals surface area contributed by atoms with Gasteiger partial charge < -0.3 is 15.1 Å². The average molecular weight is 416 g/mol. The molecule has 1 atom stereocenters. The Hall–Kier alpha value is -2.31. The van der Waals surface area contributed by atoms with Crippen LogP contribution in [0.25, 0.3) is 0 Å². The van der Waals surface area contributed by atoms with Crippen molar-refractivity contribution in [1.29, 1.82) is 0 Å². The largest absolute Gasteiger partial charge is 0.469 e. The number of rotatable bonds is 5. The summed E-state index contributed by atoms with van der Waals surface area (Å²) in [7, 11) is 0. The number of amides is 4. The predicted octanol–water partition coefficient (Wildman–Crippen LogP) is 3.69. The summed E-state index contributed by atoms with van der Waals surface area (Å²) in [5.74, 6) is 0.899. The Kier molecular flexibility index (Phi) is 5.41. The third-order valence-corrected chi connectivity index (χ3v) is 7.79. The van der Waals surface area contributed by atoms with Crippen molar-refractivity contribution in [3.05, 3.63) is 23.7 Å². The molecule has 0 bridgehead atoms. The molecule has 0 aromatic carbocycles. The highest BCUT2D eigenvalue weighted by molar-refractivity contribution is 6.09. The van der Waals surface area contributed by atoms with E-state index >= 15 is 0 Å². The van der Waals surface area contributed by atoms with Gasteiger partial charge in [-0.05, 0) is 55.9 Å². The van der Waals surface area contributed by atoms with Crippen molar-refractivity contribution in [3.63, 3.8) is 0 Å². The number of hydrogen-bond acceptors (Lipinski definition) is 4. The van der Waals surface area contributed by atoms with Crippen LogP contribution >= 0.6 is 0 Å². The molecule has 7 heteroatoms. The second-order valence-corrected chi connectivity index (χ2v) is 9.83. The summed E-state index contributed by atoms with van der Waals surface area (Å²) in [5, 5.41) is 5.90. The zero-order chi connectivity index (χ0) is 21.5. The van der Waals surface area contributed by atoms with Crippen molar-refractivity contribution in [2.75, 3.05) is 6.54 Å². The van der Waals surface area contributed by atoms with Crippen LogP contribution in [0, 0.1) is 11.3 Å². The van der Waals surface area contributed by atoms with Gasteiger partial charge in [0.05, 0.1) is 12.3 Å². The molecule has 2 fully saturated rings. The van der Waals surface area contributed by atoms with E-state index in [1.807, 2.05) is 6.07 Å². The van der Waals surface area contributed by atoms with E-state index in [-0.39, 0.29) is 29.8 Å². The van der Waals surface area contributed by atoms with Crippen LogP contribution < -0.4 is 10.6 Å². The Morgan fingerprint density at radius 3 is 2.73 bits per heavy atom. The van der Waals surface area contributed by atoms with E-state index < -0.39 is 11.6 Å². The molecule has 4 rings (SSSR count). The van der Waals surface area contributed by atoms with Gasteiger partial charge in [0.15, 0.2) is 0 Å². The SMILES string of the molecule is CCC(C)(C)C1CCC2(CC1)NC(=O)N(CC(=O)NC1CCCc3occc31)C2=O. The van der Waals surface area contributed by atoms with Crippen LogP contribution in [-0.4, -0.2) is 34.8 Å². The molecule has 30 heavy (non-hydrogen) atoms. The molecule has 2 N–H and O–H groups in total. The third-order valence-electron chi connectivity index (χ3n) is 7.79. The molecular formula is C23H33N3O4.